The van der Waals surface area contributed by atoms with Crippen LogP contribution in [0.1, 0.15) is 22.3 Å². The first kappa shape index (κ1) is 25.6. The highest BCUT2D eigenvalue weighted by atomic mass is 15.1. The van der Waals surface area contributed by atoms with Crippen LogP contribution >= 0.6 is 0 Å². The van der Waals surface area contributed by atoms with Crippen LogP contribution < -0.4 is 10.2 Å². The number of nitrogens with one attached hydrogen (secondary N) is 1. The molecular formula is C43H30N2. The largest absolute Gasteiger partial charge is 0.356 e. The number of nitrogens with zero attached hydrogens (tertiary/aromatic N) is 1. The smallest absolute Gasteiger partial charge is 0.0727 e. The summed E-state index contributed by atoms with van der Waals surface area (Å²) in [7, 11) is 0. The van der Waals surface area contributed by atoms with Crippen molar-refractivity contribution in [3.63, 3.8) is 0 Å². The molecule has 0 aromatic heterocycles. The molecule has 7 aromatic carbocycles. The highest BCUT2D eigenvalue weighted by molar-refractivity contribution is 5.97. The number of hydrogen-bond acceptors (Lipinski definition) is 2. The lowest BCUT2D eigenvalue weighted by Crippen LogP contribution is -2.26. The summed E-state index contributed by atoms with van der Waals surface area (Å²) in [5.41, 5.74) is 15.6. The summed E-state index contributed by atoms with van der Waals surface area (Å²) in [5, 5.41) is 3.68. The van der Waals surface area contributed by atoms with E-state index < -0.39 is 5.41 Å². The zero-order valence-corrected chi connectivity index (χ0v) is 24.7. The zero-order chi connectivity index (χ0) is 29.8. The molecule has 0 amide bonds. The molecule has 2 nitrogen and oxygen atoms in total. The Kier molecular flexibility index (Phi) is 5.76. The summed E-state index contributed by atoms with van der Waals surface area (Å²) in [4.78, 5) is 2.37. The van der Waals surface area contributed by atoms with Gasteiger partial charge in [-0.25, -0.2) is 0 Å². The van der Waals surface area contributed by atoms with Crippen molar-refractivity contribution in [2.45, 2.75) is 5.41 Å². The molecule has 0 saturated carbocycles. The third kappa shape index (κ3) is 3.82. The highest BCUT2D eigenvalue weighted by Gasteiger charge is 2.51. The summed E-state index contributed by atoms with van der Waals surface area (Å²) in [6, 6.07) is 63.7. The molecule has 0 radical (unpaired) electrons. The van der Waals surface area contributed by atoms with Gasteiger partial charge in [0.15, 0.2) is 0 Å². The van der Waals surface area contributed by atoms with E-state index in [9.17, 15) is 0 Å². The number of fused-ring (bicyclic) bond motifs is 10. The Morgan fingerprint density at radius 1 is 0.333 bits per heavy atom. The Bertz CT molecular complexity index is 2100. The first-order valence-electron chi connectivity index (χ1n) is 15.5. The van der Waals surface area contributed by atoms with E-state index in [-0.39, 0.29) is 0 Å². The van der Waals surface area contributed by atoms with Crippen LogP contribution in [0.3, 0.4) is 0 Å². The molecule has 45 heavy (non-hydrogen) atoms. The van der Waals surface area contributed by atoms with Gasteiger partial charge in [-0.1, -0.05) is 115 Å². The minimum atomic E-state index is -0.443. The average Bonchev–Trinajstić information content (AvgIpc) is 3.57. The van der Waals surface area contributed by atoms with Gasteiger partial charge in [-0.2, -0.15) is 0 Å². The number of rotatable bonds is 5. The van der Waals surface area contributed by atoms with E-state index in [0.717, 1.165) is 28.4 Å². The van der Waals surface area contributed by atoms with Gasteiger partial charge in [0.1, 0.15) is 0 Å². The number of hydrogen-bond donors (Lipinski definition) is 1. The molecule has 0 heterocycles. The molecule has 7 aromatic rings. The highest BCUT2D eigenvalue weighted by Crippen LogP contribution is 2.63. The number of benzene rings is 7. The molecule has 0 unspecified atom stereocenters. The Morgan fingerprint density at radius 3 is 1.40 bits per heavy atom. The van der Waals surface area contributed by atoms with Crippen LogP contribution in [-0.2, 0) is 5.41 Å². The van der Waals surface area contributed by atoms with Crippen molar-refractivity contribution in [3.8, 4) is 22.3 Å². The second-order valence-electron chi connectivity index (χ2n) is 11.8. The maximum absolute atomic E-state index is 3.68. The van der Waals surface area contributed by atoms with E-state index in [1.165, 1.54) is 44.5 Å². The maximum Gasteiger partial charge on any atom is 0.0727 e. The predicted octanol–water partition coefficient (Wildman–Crippen LogP) is 11.2. The molecule has 0 fully saturated rings. The molecule has 0 bridgehead atoms. The number of para-hydroxylation sites is 3. The van der Waals surface area contributed by atoms with Gasteiger partial charge in [0.2, 0.25) is 0 Å². The fraction of sp³-hybridized carbons (Fsp3) is 0.0233. The van der Waals surface area contributed by atoms with Gasteiger partial charge in [0.25, 0.3) is 0 Å². The van der Waals surface area contributed by atoms with E-state index in [0.29, 0.717) is 0 Å². The SMILES string of the molecule is c1ccc(Nc2ccc3c(c2)C2(c4ccccc4-c4ccccc42)c2cc(N(c4ccccc4)c4ccccc4)ccc2-3)cc1. The Morgan fingerprint density at radius 2 is 0.800 bits per heavy atom. The molecule has 0 atom stereocenters. The standard InChI is InChI=1S/C43H30N2/c1-4-14-30(15-5-1)44-31-24-26-37-38-27-25-34(45(32-16-6-2-7-17-32)33-18-8-3-9-19-33)29-42(38)43(41(37)28-31)39-22-12-10-20-35(39)36-21-11-13-23-40(36)43/h1-29,44H. The van der Waals surface area contributed by atoms with Crippen molar-refractivity contribution < 1.29 is 0 Å². The van der Waals surface area contributed by atoms with E-state index in [1.807, 2.05) is 0 Å². The van der Waals surface area contributed by atoms with Crippen molar-refractivity contribution in [1.82, 2.24) is 0 Å². The first-order chi connectivity index (χ1) is 22.3. The van der Waals surface area contributed by atoms with Crippen LogP contribution in [0.4, 0.5) is 28.4 Å². The molecule has 1 N–H and O–H groups in total. The van der Waals surface area contributed by atoms with Gasteiger partial charge in [0, 0.05) is 28.4 Å². The predicted molar refractivity (Wildman–Crippen MR) is 187 cm³/mol. The Labute approximate surface area is 263 Å². The lowest BCUT2D eigenvalue weighted by atomic mass is 9.70. The quantitative estimate of drug-likeness (QED) is 0.220. The zero-order valence-electron chi connectivity index (χ0n) is 24.7. The molecule has 0 aliphatic heterocycles. The third-order valence-corrected chi connectivity index (χ3v) is 9.42. The van der Waals surface area contributed by atoms with Gasteiger partial charge >= 0.3 is 0 Å². The lowest BCUT2D eigenvalue weighted by molar-refractivity contribution is 0.794. The minimum absolute atomic E-state index is 0.443. The molecule has 2 aliphatic rings. The van der Waals surface area contributed by atoms with Crippen molar-refractivity contribution in [1.29, 1.82) is 0 Å². The lowest BCUT2D eigenvalue weighted by Gasteiger charge is -2.32. The maximum atomic E-state index is 3.68. The molecular weight excluding hydrogens is 544 g/mol. The monoisotopic (exact) mass is 574 g/mol. The molecule has 212 valence electrons. The fourth-order valence-corrected chi connectivity index (χ4v) is 7.63. The second-order valence-corrected chi connectivity index (χ2v) is 11.8. The molecule has 9 rings (SSSR count). The van der Waals surface area contributed by atoms with E-state index in [2.05, 4.69) is 186 Å². The van der Waals surface area contributed by atoms with E-state index in [1.54, 1.807) is 0 Å². The third-order valence-electron chi connectivity index (χ3n) is 9.42. The van der Waals surface area contributed by atoms with Crippen LogP contribution in [-0.4, -0.2) is 0 Å². The average molecular weight is 575 g/mol. The summed E-state index contributed by atoms with van der Waals surface area (Å²) in [5.74, 6) is 0. The van der Waals surface area contributed by atoms with Gasteiger partial charge in [-0.3, -0.25) is 0 Å². The van der Waals surface area contributed by atoms with Crippen molar-refractivity contribution in [2.75, 3.05) is 10.2 Å². The van der Waals surface area contributed by atoms with Crippen LogP contribution in [0, 0.1) is 0 Å². The van der Waals surface area contributed by atoms with Crippen molar-refractivity contribution >= 4 is 28.4 Å². The molecule has 1 spiro atoms. The number of anilines is 5. The molecule has 2 heteroatoms. The van der Waals surface area contributed by atoms with Crippen LogP contribution in [0.5, 0.6) is 0 Å². The summed E-state index contributed by atoms with van der Waals surface area (Å²) >= 11 is 0. The summed E-state index contributed by atoms with van der Waals surface area (Å²) < 4.78 is 0. The molecule has 0 saturated heterocycles. The van der Waals surface area contributed by atoms with E-state index >= 15 is 0 Å². The normalized spacial score (nSPS) is 13.1. The second kappa shape index (κ2) is 10.1. The van der Waals surface area contributed by atoms with Crippen LogP contribution in [0.25, 0.3) is 22.3 Å². The van der Waals surface area contributed by atoms with Crippen LogP contribution in [0.2, 0.25) is 0 Å². The van der Waals surface area contributed by atoms with E-state index in [4.69, 9.17) is 0 Å². The Hall–Kier alpha value is -5.86. The van der Waals surface area contributed by atoms with Crippen LogP contribution in [0.15, 0.2) is 176 Å². The fourth-order valence-electron chi connectivity index (χ4n) is 7.63. The Balaban J connectivity index is 1.32. The first-order valence-corrected chi connectivity index (χ1v) is 15.5. The summed E-state index contributed by atoms with van der Waals surface area (Å²) in [6.45, 7) is 0. The summed E-state index contributed by atoms with van der Waals surface area (Å²) in [6.07, 6.45) is 0. The minimum Gasteiger partial charge on any atom is -0.356 e. The molecule has 2 aliphatic carbocycles. The van der Waals surface area contributed by atoms with Crippen molar-refractivity contribution in [2.24, 2.45) is 0 Å². The van der Waals surface area contributed by atoms with Crippen molar-refractivity contribution in [3.05, 3.63) is 198 Å². The van der Waals surface area contributed by atoms with Gasteiger partial charge in [0.05, 0.1) is 5.41 Å². The van der Waals surface area contributed by atoms with Gasteiger partial charge < -0.3 is 10.2 Å². The topological polar surface area (TPSA) is 15.3 Å². The van der Waals surface area contributed by atoms with Gasteiger partial charge in [-0.15, -0.1) is 0 Å². The van der Waals surface area contributed by atoms with Gasteiger partial charge in [-0.05, 0) is 105 Å².